The van der Waals surface area contributed by atoms with Gasteiger partial charge in [-0.25, -0.2) is 9.78 Å². The maximum Gasteiger partial charge on any atom is 0.337 e. The summed E-state index contributed by atoms with van der Waals surface area (Å²) in [5.41, 5.74) is 6.15. The van der Waals surface area contributed by atoms with Gasteiger partial charge in [0.25, 0.3) is 0 Å². The Hall–Kier alpha value is -1.82. The lowest BCUT2D eigenvalue weighted by Gasteiger charge is -2.36. The molecule has 1 heterocycles. The lowest BCUT2D eigenvalue weighted by Crippen LogP contribution is -2.41. The highest BCUT2D eigenvalue weighted by Crippen LogP contribution is 2.28. The summed E-state index contributed by atoms with van der Waals surface area (Å²) >= 11 is 0. The summed E-state index contributed by atoms with van der Waals surface area (Å²) in [5.74, 6) is -0.800. The molecule has 4 N–H and O–H groups in total. The van der Waals surface area contributed by atoms with Gasteiger partial charge < -0.3 is 20.9 Å². The van der Waals surface area contributed by atoms with E-state index >= 15 is 0 Å². The van der Waals surface area contributed by atoms with Crippen LogP contribution in [-0.2, 0) is 4.74 Å². The molecule has 0 unspecified atom stereocenters. The van der Waals surface area contributed by atoms with E-state index in [9.17, 15) is 4.79 Å². The normalized spacial score (nSPS) is 22.3. The minimum Gasteiger partial charge on any atom is -0.478 e. The molecular weight excluding hydrogens is 234 g/mol. The predicted molar refractivity (Wildman–Crippen MR) is 67.7 cm³/mol. The first-order chi connectivity index (χ1) is 8.60. The lowest BCUT2D eigenvalue weighted by molar-refractivity contribution is 0.00298. The summed E-state index contributed by atoms with van der Waals surface area (Å²) in [6, 6.07) is 1.61. The second kappa shape index (κ2) is 5.22. The number of aromatic carboxylic acids is 1. The molecule has 1 saturated carbocycles. The van der Waals surface area contributed by atoms with Gasteiger partial charge in [0, 0.05) is 12.6 Å². The Kier molecular flexibility index (Phi) is 3.66. The van der Waals surface area contributed by atoms with Crippen LogP contribution in [0.15, 0.2) is 12.3 Å². The van der Waals surface area contributed by atoms with E-state index in [1.54, 1.807) is 0 Å². The van der Waals surface area contributed by atoms with Gasteiger partial charge in [-0.2, -0.15) is 0 Å². The molecule has 1 aliphatic carbocycles. The van der Waals surface area contributed by atoms with E-state index in [0.29, 0.717) is 12.3 Å². The number of hydrogen-bond acceptors (Lipinski definition) is 5. The molecule has 0 aromatic carbocycles. The van der Waals surface area contributed by atoms with Crippen LogP contribution < -0.4 is 11.1 Å². The maximum absolute atomic E-state index is 11.1. The number of rotatable bonds is 5. The molecule has 1 fully saturated rings. The largest absolute Gasteiger partial charge is 0.478 e. The molecule has 1 aliphatic rings. The monoisotopic (exact) mass is 251 g/mol. The van der Waals surface area contributed by atoms with Gasteiger partial charge in [-0.1, -0.05) is 0 Å². The molecule has 0 radical (unpaired) electrons. The lowest BCUT2D eigenvalue weighted by atomic mass is 9.89. The summed E-state index contributed by atoms with van der Waals surface area (Å²) in [4.78, 5) is 15.0. The topological polar surface area (TPSA) is 97.5 Å². The molecule has 0 bridgehead atoms. The summed E-state index contributed by atoms with van der Waals surface area (Å²) in [6.45, 7) is 2.67. The van der Waals surface area contributed by atoms with Crippen LogP contribution in [0.1, 0.15) is 30.1 Å². The molecule has 6 nitrogen and oxygen atoms in total. The number of nitrogens with zero attached hydrogens (tertiary/aromatic N) is 1. The van der Waals surface area contributed by atoms with Gasteiger partial charge in [0.15, 0.2) is 0 Å². The van der Waals surface area contributed by atoms with Crippen LogP contribution in [0.25, 0.3) is 0 Å². The highest BCUT2D eigenvalue weighted by atomic mass is 16.5. The van der Waals surface area contributed by atoms with E-state index < -0.39 is 5.97 Å². The Balaban J connectivity index is 2.00. The van der Waals surface area contributed by atoms with Crippen molar-refractivity contribution in [2.75, 3.05) is 17.7 Å². The summed E-state index contributed by atoms with van der Waals surface area (Å²) in [7, 11) is 0. The summed E-state index contributed by atoms with van der Waals surface area (Å²) in [5, 5.41) is 12.2. The number of nitrogens with one attached hydrogen (secondary N) is 1. The van der Waals surface area contributed by atoms with Crippen molar-refractivity contribution in [3.63, 3.8) is 0 Å². The summed E-state index contributed by atoms with van der Waals surface area (Å²) < 4.78 is 5.45. The molecule has 0 amide bonds. The van der Waals surface area contributed by atoms with Gasteiger partial charge >= 0.3 is 5.97 Å². The van der Waals surface area contributed by atoms with Crippen molar-refractivity contribution in [3.8, 4) is 0 Å². The third-order valence-corrected chi connectivity index (χ3v) is 3.01. The highest BCUT2D eigenvalue weighted by molar-refractivity contribution is 5.94. The SMILES string of the molecule is CCOC1CC(Nc2cnc(N)cc2C(=O)O)C1. The average Bonchev–Trinajstić information content (AvgIpc) is 2.28. The van der Waals surface area contributed by atoms with E-state index in [2.05, 4.69) is 10.3 Å². The fourth-order valence-electron chi connectivity index (χ4n) is 2.04. The zero-order chi connectivity index (χ0) is 13.1. The molecular formula is C12H17N3O3. The highest BCUT2D eigenvalue weighted by Gasteiger charge is 2.30. The number of nitrogens with two attached hydrogens (primary N) is 1. The number of nitrogen functional groups attached to an aromatic ring is 1. The van der Waals surface area contributed by atoms with Gasteiger partial charge in [0.05, 0.1) is 23.6 Å². The van der Waals surface area contributed by atoms with Crippen molar-refractivity contribution in [2.24, 2.45) is 0 Å². The minimum absolute atomic E-state index is 0.155. The zero-order valence-electron chi connectivity index (χ0n) is 10.2. The van der Waals surface area contributed by atoms with E-state index in [1.807, 2.05) is 6.92 Å². The predicted octanol–water partition coefficient (Wildman–Crippen LogP) is 1.34. The van der Waals surface area contributed by atoms with Crippen molar-refractivity contribution in [1.29, 1.82) is 0 Å². The third-order valence-electron chi connectivity index (χ3n) is 3.01. The molecule has 0 atom stereocenters. The molecule has 6 heteroatoms. The second-order valence-corrected chi connectivity index (χ2v) is 4.35. The number of aromatic nitrogens is 1. The smallest absolute Gasteiger partial charge is 0.337 e. The second-order valence-electron chi connectivity index (χ2n) is 4.35. The number of pyridine rings is 1. The first-order valence-corrected chi connectivity index (χ1v) is 5.97. The van der Waals surface area contributed by atoms with E-state index in [1.165, 1.54) is 12.3 Å². The van der Waals surface area contributed by atoms with Crippen molar-refractivity contribution < 1.29 is 14.6 Å². The third kappa shape index (κ3) is 2.70. The number of carbonyl (C=O) groups is 1. The molecule has 98 valence electrons. The molecule has 0 saturated heterocycles. The van der Waals surface area contributed by atoms with Gasteiger partial charge in [-0.3, -0.25) is 0 Å². The maximum atomic E-state index is 11.1. The molecule has 2 rings (SSSR count). The Morgan fingerprint density at radius 2 is 2.39 bits per heavy atom. The van der Waals surface area contributed by atoms with Crippen LogP contribution in [-0.4, -0.2) is 34.8 Å². The van der Waals surface area contributed by atoms with Crippen LogP contribution in [0.4, 0.5) is 11.5 Å². The number of carboxylic acids is 1. The van der Waals surface area contributed by atoms with E-state index in [-0.39, 0.29) is 23.5 Å². The molecule has 18 heavy (non-hydrogen) atoms. The van der Waals surface area contributed by atoms with E-state index in [0.717, 1.165) is 12.8 Å². The minimum atomic E-state index is -1.01. The van der Waals surface area contributed by atoms with Crippen LogP contribution in [0, 0.1) is 0 Å². The van der Waals surface area contributed by atoms with E-state index in [4.69, 9.17) is 15.6 Å². The average molecular weight is 251 g/mol. The van der Waals surface area contributed by atoms with Crippen LogP contribution in [0.2, 0.25) is 0 Å². The molecule has 0 spiro atoms. The Bertz CT molecular complexity index is 444. The zero-order valence-corrected chi connectivity index (χ0v) is 10.2. The molecule has 1 aromatic rings. The standard InChI is InChI=1S/C12H17N3O3/c1-2-18-8-3-7(4-8)15-10-6-14-11(13)5-9(10)12(16)17/h5-8,15H,2-4H2,1H3,(H2,13,14)(H,16,17). The Morgan fingerprint density at radius 3 is 3.00 bits per heavy atom. The van der Waals surface area contributed by atoms with Crippen LogP contribution >= 0.6 is 0 Å². The first kappa shape index (κ1) is 12.6. The van der Waals surface area contributed by atoms with Crippen molar-refractivity contribution in [1.82, 2.24) is 4.98 Å². The van der Waals surface area contributed by atoms with Crippen LogP contribution in [0.5, 0.6) is 0 Å². The van der Waals surface area contributed by atoms with Crippen LogP contribution in [0.3, 0.4) is 0 Å². The van der Waals surface area contributed by atoms with Crippen molar-refractivity contribution in [3.05, 3.63) is 17.8 Å². The Labute approximate surface area is 105 Å². The summed E-state index contributed by atoms with van der Waals surface area (Å²) in [6.07, 6.45) is 3.52. The quantitative estimate of drug-likeness (QED) is 0.730. The fourth-order valence-corrected chi connectivity index (χ4v) is 2.04. The fraction of sp³-hybridized carbons (Fsp3) is 0.500. The van der Waals surface area contributed by atoms with Gasteiger partial charge in [-0.15, -0.1) is 0 Å². The molecule has 1 aromatic heterocycles. The van der Waals surface area contributed by atoms with Gasteiger partial charge in [0.1, 0.15) is 5.82 Å². The number of ether oxygens (including phenoxy) is 1. The number of hydrogen-bond donors (Lipinski definition) is 3. The Morgan fingerprint density at radius 1 is 1.67 bits per heavy atom. The van der Waals surface area contributed by atoms with Crippen molar-refractivity contribution in [2.45, 2.75) is 31.9 Å². The number of anilines is 2. The van der Waals surface area contributed by atoms with Gasteiger partial charge in [-0.05, 0) is 25.8 Å². The molecule has 0 aliphatic heterocycles. The first-order valence-electron chi connectivity index (χ1n) is 5.97. The van der Waals surface area contributed by atoms with Gasteiger partial charge in [0.2, 0.25) is 0 Å². The van der Waals surface area contributed by atoms with Crippen molar-refractivity contribution >= 4 is 17.5 Å². The number of carboxylic acid groups (broad SMARTS) is 1.